The van der Waals surface area contributed by atoms with Crippen LogP contribution < -0.4 is 0 Å². The Bertz CT molecular complexity index is 472. The zero-order valence-electron chi connectivity index (χ0n) is 10.5. The third-order valence-corrected chi connectivity index (χ3v) is 3.58. The van der Waals surface area contributed by atoms with Gasteiger partial charge in [0.25, 0.3) is 5.24 Å². The van der Waals surface area contributed by atoms with Crippen LogP contribution in [0, 0.1) is 0 Å². The SMILES string of the molecule is CCCc1cc(CC)c(C(=O)Cl)cc1CS(=O)O. The lowest BCUT2D eigenvalue weighted by Crippen LogP contribution is -2.05. The first kappa shape index (κ1) is 15.3. The molecule has 5 heteroatoms. The number of carbonyl (C=O) groups excluding carboxylic acids is 1. The maximum Gasteiger partial charge on any atom is 0.252 e. The highest BCUT2D eigenvalue weighted by Gasteiger charge is 2.14. The molecule has 3 nitrogen and oxygen atoms in total. The summed E-state index contributed by atoms with van der Waals surface area (Å²) in [4.78, 5) is 11.4. The van der Waals surface area contributed by atoms with Crippen LogP contribution in [0.3, 0.4) is 0 Å². The highest BCUT2D eigenvalue weighted by atomic mass is 35.5. The predicted octanol–water partition coefficient (Wildman–Crippen LogP) is 3.30. The van der Waals surface area contributed by atoms with Gasteiger partial charge in [0.1, 0.15) is 0 Å². The lowest BCUT2D eigenvalue weighted by molar-refractivity contribution is 0.108. The van der Waals surface area contributed by atoms with Crippen LogP contribution in [-0.4, -0.2) is 14.0 Å². The summed E-state index contributed by atoms with van der Waals surface area (Å²) >= 11 is 3.63. The molecule has 0 saturated carbocycles. The number of halogens is 1. The zero-order valence-corrected chi connectivity index (χ0v) is 12.1. The minimum Gasteiger partial charge on any atom is -0.306 e. The maximum absolute atomic E-state index is 11.4. The Labute approximate surface area is 115 Å². The standard InChI is InChI=1S/C13H17ClO3S/c1-3-5-10-6-9(4-2)12(13(14)15)7-11(10)8-18(16)17/h6-7H,3-5,8H2,1-2H3,(H,16,17). The molecule has 0 aliphatic heterocycles. The maximum atomic E-state index is 11.4. The number of aryl methyl sites for hydroxylation is 2. The quantitative estimate of drug-likeness (QED) is 0.645. The van der Waals surface area contributed by atoms with Crippen molar-refractivity contribution in [3.05, 3.63) is 34.4 Å². The number of benzene rings is 1. The van der Waals surface area contributed by atoms with E-state index in [4.69, 9.17) is 16.2 Å². The average Bonchev–Trinajstić information content (AvgIpc) is 2.30. The predicted molar refractivity (Wildman–Crippen MR) is 74.5 cm³/mol. The molecule has 0 spiro atoms. The summed E-state index contributed by atoms with van der Waals surface area (Å²) in [5, 5.41) is -0.514. The van der Waals surface area contributed by atoms with E-state index in [0.29, 0.717) is 12.0 Å². The van der Waals surface area contributed by atoms with Crippen LogP contribution >= 0.6 is 11.6 Å². The molecule has 0 fully saturated rings. The molecule has 0 aliphatic carbocycles. The molecule has 0 saturated heterocycles. The summed E-state index contributed by atoms with van der Waals surface area (Å²) in [6.45, 7) is 4.00. The van der Waals surface area contributed by atoms with Gasteiger partial charge >= 0.3 is 0 Å². The van der Waals surface area contributed by atoms with Crippen molar-refractivity contribution in [2.75, 3.05) is 0 Å². The Morgan fingerprint density at radius 2 is 1.94 bits per heavy atom. The summed E-state index contributed by atoms with van der Waals surface area (Å²) in [5.41, 5.74) is 3.10. The van der Waals surface area contributed by atoms with Gasteiger partial charge in [-0.25, -0.2) is 4.21 Å². The minimum absolute atomic E-state index is 0.0382. The normalized spacial score (nSPS) is 12.4. The van der Waals surface area contributed by atoms with E-state index in [1.165, 1.54) is 0 Å². The van der Waals surface area contributed by atoms with Crippen LogP contribution in [-0.2, 0) is 29.7 Å². The van der Waals surface area contributed by atoms with Gasteiger partial charge in [0, 0.05) is 5.56 Å². The van der Waals surface area contributed by atoms with Gasteiger partial charge in [-0.05, 0) is 47.2 Å². The van der Waals surface area contributed by atoms with E-state index in [2.05, 4.69) is 0 Å². The highest BCUT2D eigenvalue weighted by molar-refractivity contribution is 7.78. The zero-order chi connectivity index (χ0) is 13.7. The van der Waals surface area contributed by atoms with Crippen LogP contribution in [0.25, 0.3) is 0 Å². The van der Waals surface area contributed by atoms with E-state index in [1.807, 2.05) is 19.9 Å². The third kappa shape index (κ3) is 3.90. The highest BCUT2D eigenvalue weighted by Crippen LogP contribution is 2.22. The van der Waals surface area contributed by atoms with Crippen LogP contribution in [0.1, 0.15) is 47.3 Å². The van der Waals surface area contributed by atoms with Crippen LogP contribution in [0.5, 0.6) is 0 Å². The average molecular weight is 289 g/mol. The van der Waals surface area contributed by atoms with Crippen molar-refractivity contribution in [1.29, 1.82) is 0 Å². The molecule has 1 rings (SSSR count). The molecular formula is C13H17ClO3S. The van der Waals surface area contributed by atoms with Crippen molar-refractivity contribution in [2.24, 2.45) is 0 Å². The second kappa shape index (κ2) is 7.02. The number of rotatable bonds is 6. The largest absolute Gasteiger partial charge is 0.306 e. The van der Waals surface area contributed by atoms with Crippen molar-refractivity contribution < 1.29 is 13.6 Å². The molecule has 0 amide bonds. The van der Waals surface area contributed by atoms with E-state index in [1.54, 1.807) is 6.07 Å². The molecule has 1 atom stereocenters. The fourth-order valence-electron chi connectivity index (χ4n) is 1.99. The lowest BCUT2D eigenvalue weighted by atomic mass is 9.95. The van der Waals surface area contributed by atoms with E-state index in [9.17, 15) is 9.00 Å². The molecule has 1 unspecified atom stereocenters. The van der Waals surface area contributed by atoms with Gasteiger partial charge in [-0.3, -0.25) is 4.79 Å². The third-order valence-electron chi connectivity index (χ3n) is 2.82. The first-order chi connectivity index (χ1) is 8.49. The molecule has 100 valence electrons. The van der Waals surface area contributed by atoms with Gasteiger partial charge in [0.05, 0.1) is 5.75 Å². The van der Waals surface area contributed by atoms with Crippen molar-refractivity contribution in [3.63, 3.8) is 0 Å². The van der Waals surface area contributed by atoms with Crippen LogP contribution in [0.4, 0.5) is 0 Å². The Hall–Kier alpha value is -0.710. The molecule has 0 radical (unpaired) electrons. The number of hydrogen-bond acceptors (Lipinski definition) is 2. The Kier molecular flexibility index (Phi) is 5.99. The Morgan fingerprint density at radius 3 is 2.39 bits per heavy atom. The number of carbonyl (C=O) groups is 1. The molecule has 1 N–H and O–H groups in total. The fourth-order valence-corrected chi connectivity index (χ4v) is 2.70. The summed E-state index contributed by atoms with van der Waals surface area (Å²) in [7, 11) is 0. The molecule has 0 bridgehead atoms. The van der Waals surface area contributed by atoms with Crippen molar-refractivity contribution in [1.82, 2.24) is 0 Å². The molecular weight excluding hydrogens is 272 g/mol. The van der Waals surface area contributed by atoms with E-state index in [-0.39, 0.29) is 5.75 Å². The monoisotopic (exact) mass is 288 g/mol. The Balaban J connectivity index is 3.31. The van der Waals surface area contributed by atoms with Crippen LogP contribution in [0.2, 0.25) is 0 Å². The second-order valence-corrected chi connectivity index (χ2v) is 5.40. The van der Waals surface area contributed by atoms with Gasteiger partial charge in [-0.1, -0.05) is 26.3 Å². The summed E-state index contributed by atoms with van der Waals surface area (Å²) in [5.74, 6) is 0.0382. The van der Waals surface area contributed by atoms with Crippen LogP contribution in [0.15, 0.2) is 12.1 Å². The second-order valence-electron chi connectivity index (χ2n) is 4.12. The van der Waals surface area contributed by atoms with Gasteiger partial charge in [0.15, 0.2) is 11.1 Å². The van der Waals surface area contributed by atoms with Gasteiger partial charge < -0.3 is 4.55 Å². The summed E-state index contributed by atoms with van der Waals surface area (Å²) in [6, 6.07) is 3.59. The van der Waals surface area contributed by atoms with Crippen molar-refractivity contribution in [3.8, 4) is 0 Å². The molecule has 1 aromatic rings. The van der Waals surface area contributed by atoms with Crippen molar-refractivity contribution >= 4 is 27.9 Å². The van der Waals surface area contributed by atoms with Gasteiger partial charge in [-0.2, -0.15) is 0 Å². The van der Waals surface area contributed by atoms with E-state index in [0.717, 1.165) is 29.5 Å². The molecule has 18 heavy (non-hydrogen) atoms. The Morgan fingerprint density at radius 1 is 1.28 bits per heavy atom. The van der Waals surface area contributed by atoms with Crippen molar-refractivity contribution in [2.45, 2.75) is 38.9 Å². The summed E-state index contributed by atoms with van der Waals surface area (Å²) in [6.07, 6.45) is 2.49. The molecule has 0 heterocycles. The number of hydrogen-bond donors (Lipinski definition) is 1. The molecule has 0 aromatic heterocycles. The molecule has 1 aromatic carbocycles. The molecule has 0 aliphatic rings. The smallest absolute Gasteiger partial charge is 0.252 e. The lowest BCUT2D eigenvalue weighted by Gasteiger charge is -2.12. The van der Waals surface area contributed by atoms with Gasteiger partial charge in [0.2, 0.25) is 0 Å². The minimum atomic E-state index is -1.91. The first-order valence-corrected chi connectivity index (χ1v) is 7.56. The van der Waals surface area contributed by atoms with Gasteiger partial charge in [-0.15, -0.1) is 0 Å². The first-order valence-electron chi connectivity index (χ1n) is 5.91. The fraction of sp³-hybridized carbons (Fsp3) is 0.462. The summed E-state index contributed by atoms with van der Waals surface area (Å²) < 4.78 is 20.0. The van der Waals surface area contributed by atoms with E-state index < -0.39 is 16.3 Å². The van der Waals surface area contributed by atoms with E-state index >= 15 is 0 Å². The topological polar surface area (TPSA) is 54.4 Å².